The zero-order valence-electron chi connectivity index (χ0n) is 26.3. The van der Waals surface area contributed by atoms with E-state index in [0.29, 0.717) is 39.5 Å². The lowest BCUT2D eigenvalue weighted by molar-refractivity contribution is -0.246. The average Bonchev–Trinajstić information content (AvgIpc) is 2.96. The van der Waals surface area contributed by atoms with Crippen LogP contribution in [0.3, 0.4) is 0 Å². The molecule has 0 aromatic rings. The first-order chi connectivity index (χ1) is 20.5. The molecule has 0 aliphatic heterocycles. The third-order valence-corrected chi connectivity index (χ3v) is 5.62. The van der Waals surface area contributed by atoms with E-state index in [-0.39, 0.29) is 53.0 Å². The average molecular weight is 629 g/mol. The van der Waals surface area contributed by atoms with E-state index in [9.17, 15) is 19.2 Å². The predicted octanol–water partition coefficient (Wildman–Crippen LogP) is 0.127. The highest BCUT2D eigenvalue weighted by molar-refractivity contribution is 5.87. The molecule has 16 nitrogen and oxygen atoms in total. The maximum absolute atomic E-state index is 13.2. The first-order valence-electron chi connectivity index (χ1n) is 13.4. The van der Waals surface area contributed by atoms with Crippen LogP contribution in [0.2, 0.25) is 0 Å². The summed E-state index contributed by atoms with van der Waals surface area (Å²) >= 11 is 0. The highest BCUT2D eigenvalue weighted by Crippen LogP contribution is 2.29. The minimum Gasteiger partial charge on any atom is -0.465 e. The summed E-state index contributed by atoms with van der Waals surface area (Å²) in [5.41, 5.74) is -2.72. The van der Waals surface area contributed by atoms with Crippen LogP contribution < -0.4 is 0 Å². The molecule has 0 heterocycles. The molecule has 0 amide bonds. The highest BCUT2D eigenvalue weighted by Gasteiger charge is 2.50. The van der Waals surface area contributed by atoms with Gasteiger partial charge in [0.2, 0.25) is 0 Å². The van der Waals surface area contributed by atoms with Gasteiger partial charge in [0.25, 0.3) is 6.47 Å². The van der Waals surface area contributed by atoms with Gasteiger partial charge in [0.05, 0.1) is 79.8 Å². The van der Waals surface area contributed by atoms with Crippen LogP contribution in [0.15, 0.2) is 0 Å². The molecule has 0 aromatic carbocycles. The Kier molecular flexibility index (Phi) is 21.7. The molecule has 0 aliphatic rings. The molecule has 0 radical (unpaired) electrons. The molecule has 0 saturated heterocycles. The Morgan fingerprint density at radius 2 is 0.930 bits per heavy atom. The molecule has 0 aliphatic carbocycles. The van der Waals surface area contributed by atoms with E-state index >= 15 is 0 Å². The monoisotopic (exact) mass is 628 g/mol. The molecule has 2 atom stereocenters. The summed E-state index contributed by atoms with van der Waals surface area (Å²) in [6.07, 6.45) is 0. The second-order valence-electron chi connectivity index (χ2n) is 9.82. The zero-order chi connectivity index (χ0) is 32.6. The Morgan fingerprint density at radius 3 is 1.33 bits per heavy atom. The van der Waals surface area contributed by atoms with Crippen LogP contribution in [0.1, 0.15) is 20.8 Å². The smallest absolute Gasteiger partial charge is 0.392 e. The molecule has 43 heavy (non-hydrogen) atoms. The van der Waals surface area contributed by atoms with Crippen molar-refractivity contribution in [1.29, 1.82) is 0 Å². The molecule has 0 fully saturated rings. The zero-order valence-corrected chi connectivity index (χ0v) is 26.3. The van der Waals surface area contributed by atoms with Gasteiger partial charge in [0.1, 0.15) is 24.2 Å². The molecular formula is C27H48O16. The predicted molar refractivity (Wildman–Crippen MR) is 146 cm³/mol. The van der Waals surface area contributed by atoms with Gasteiger partial charge in [-0.15, -0.1) is 0 Å². The minimum atomic E-state index is -2.42. The Balaban J connectivity index is 4.71. The van der Waals surface area contributed by atoms with E-state index in [4.69, 9.17) is 52.1 Å². The molecule has 252 valence electrons. The summed E-state index contributed by atoms with van der Waals surface area (Å²) in [6.45, 7) is 6.18. The number of esters is 3. The van der Waals surface area contributed by atoms with Crippen molar-refractivity contribution >= 4 is 24.4 Å². The van der Waals surface area contributed by atoms with Gasteiger partial charge in [-0.25, -0.2) is 4.79 Å². The summed E-state index contributed by atoms with van der Waals surface area (Å²) < 4.78 is 62.2. The number of carbonyl (C=O) groups is 4. The van der Waals surface area contributed by atoms with Gasteiger partial charge in [-0.05, 0) is 13.8 Å². The number of ether oxygens (including phenoxy) is 12. The lowest BCUT2D eigenvalue weighted by Crippen LogP contribution is -2.52. The van der Waals surface area contributed by atoms with Crippen molar-refractivity contribution in [3.05, 3.63) is 0 Å². The van der Waals surface area contributed by atoms with Crippen LogP contribution in [0.25, 0.3) is 0 Å². The summed E-state index contributed by atoms with van der Waals surface area (Å²) in [6, 6.07) is 0. The second-order valence-corrected chi connectivity index (χ2v) is 9.82. The van der Waals surface area contributed by atoms with Crippen LogP contribution in [0.5, 0.6) is 0 Å². The van der Waals surface area contributed by atoms with Gasteiger partial charge in [-0.2, -0.15) is 0 Å². The molecule has 16 heteroatoms. The summed E-state index contributed by atoms with van der Waals surface area (Å²) in [4.78, 5) is 48.8. The Morgan fingerprint density at radius 1 is 0.535 bits per heavy atom. The molecule has 0 rings (SSSR count). The van der Waals surface area contributed by atoms with Crippen LogP contribution in [-0.2, 0) is 76.0 Å². The van der Waals surface area contributed by atoms with Gasteiger partial charge in [-0.3, -0.25) is 14.4 Å². The lowest BCUT2D eigenvalue weighted by atomic mass is 9.92. The summed E-state index contributed by atoms with van der Waals surface area (Å²) in [7, 11) is 5.22. The lowest BCUT2D eigenvalue weighted by Gasteiger charge is -2.34. The fourth-order valence-corrected chi connectivity index (χ4v) is 3.36. The first kappa shape index (κ1) is 40.6. The minimum absolute atomic E-state index is 0.0875. The van der Waals surface area contributed by atoms with E-state index in [2.05, 4.69) is 4.74 Å². The van der Waals surface area contributed by atoms with Gasteiger partial charge < -0.3 is 56.8 Å². The number of carbonyl (C=O) groups excluding carboxylic acids is 4. The van der Waals surface area contributed by atoms with Gasteiger partial charge in [-0.1, -0.05) is 0 Å². The standard InChI is InChI=1S/C27H48O16/c1-25(16-32-4,17-33-5)22(29)42-27(3,24(31)35-7)43-23(30)26(2,18-34-6)19-41-21-40-15-13-38-11-9-36-8-10-37-12-14-39-20-28/h20H,8-19,21H2,1-7H3. The molecule has 0 aromatic heterocycles. The van der Waals surface area contributed by atoms with Crippen molar-refractivity contribution in [2.24, 2.45) is 10.8 Å². The van der Waals surface area contributed by atoms with Crippen molar-refractivity contribution in [3.8, 4) is 0 Å². The highest BCUT2D eigenvalue weighted by atomic mass is 16.8. The third kappa shape index (κ3) is 16.3. The molecule has 0 saturated carbocycles. The van der Waals surface area contributed by atoms with E-state index in [1.54, 1.807) is 0 Å². The second kappa shape index (κ2) is 23.0. The van der Waals surface area contributed by atoms with Crippen molar-refractivity contribution in [1.82, 2.24) is 0 Å². The maximum atomic E-state index is 13.2. The van der Waals surface area contributed by atoms with Crippen molar-refractivity contribution in [2.45, 2.75) is 26.6 Å². The third-order valence-electron chi connectivity index (χ3n) is 5.62. The number of rotatable bonds is 28. The molecular weight excluding hydrogens is 580 g/mol. The van der Waals surface area contributed by atoms with Crippen molar-refractivity contribution in [3.63, 3.8) is 0 Å². The number of hydrogen-bond donors (Lipinski definition) is 0. The topological polar surface area (TPSA) is 179 Å². The van der Waals surface area contributed by atoms with Crippen LogP contribution in [0.4, 0.5) is 0 Å². The molecule has 2 unspecified atom stereocenters. The summed E-state index contributed by atoms with van der Waals surface area (Å²) in [5, 5.41) is 0. The van der Waals surface area contributed by atoms with E-state index in [1.807, 2.05) is 0 Å². The van der Waals surface area contributed by atoms with E-state index < -0.39 is 34.5 Å². The van der Waals surface area contributed by atoms with Crippen LogP contribution >= 0.6 is 0 Å². The van der Waals surface area contributed by atoms with Gasteiger partial charge in [0, 0.05) is 28.3 Å². The molecule has 0 N–H and O–H groups in total. The Labute approximate surface area is 252 Å². The normalized spacial score (nSPS) is 14.3. The van der Waals surface area contributed by atoms with Gasteiger partial charge >= 0.3 is 23.7 Å². The van der Waals surface area contributed by atoms with Crippen LogP contribution in [0, 0.1) is 10.8 Å². The number of methoxy groups -OCH3 is 4. The SMILES string of the molecule is COCC(C)(COC)C(=O)OC(C)(OC(=O)C(C)(COC)COCOCCOCCOCCOCCOC=O)C(=O)OC. The number of hydrogen-bond acceptors (Lipinski definition) is 16. The van der Waals surface area contributed by atoms with Crippen molar-refractivity contribution < 1.29 is 76.0 Å². The van der Waals surface area contributed by atoms with Crippen LogP contribution in [-0.4, -0.2) is 145 Å². The molecule has 0 bridgehead atoms. The first-order valence-corrected chi connectivity index (χ1v) is 13.4. The quantitative estimate of drug-likeness (QED) is 0.0375. The van der Waals surface area contributed by atoms with E-state index in [0.717, 1.165) is 14.0 Å². The fraction of sp³-hybridized carbons (Fsp3) is 0.852. The largest absolute Gasteiger partial charge is 0.465 e. The maximum Gasteiger partial charge on any atom is 0.392 e. The Bertz CT molecular complexity index is 787. The van der Waals surface area contributed by atoms with E-state index in [1.165, 1.54) is 35.2 Å². The van der Waals surface area contributed by atoms with Gasteiger partial charge in [0.15, 0.2) is 0 Å². The molecule has 0 spiro atoms. The Hall–Kier alpha value is -2.44. The van der Waals surface area contributed by atoms with Crippen molar-refractivity contribution in [2.75, 3.05) is 115 Å². The summed E-state index contributed by atoms with van der Waals surface area (Å²) in [5.74, 6) is -5.39. The fourth-order valence-electron chi connectivity index (χ4n) is 3.36.